The number of aromatic amines is 1. The lowest BCUT2D eigenvalue weighted by atomic mass is 10.0. The van der Waals surface area contributed by atoms with Gasteiger partial charge in [0.2, 0.25) is 0 Å². The van der Waals surface area contributed by atoms with E-state index in [-0.39, 0.29) is 25.4 Å². The SMILES string of the molecule is CC.Cc1ccc(-c2cnc(C(Cc3ccccc3F)N3C(=O)CNC3=O)[nH]2)c(F)c1.OCCOc1ccccc1. The minimum absolute atomic E-state index is 0.0369. The van der Waals surface area contributed by atoms with E-state index in [1.165, 1.54) is 18.3 Å². The van der Waals surface area contributed by atoms with Crippen molar-refractivity contribution in [1.82, 2.24) is 20.2 Å². The number of hydrogen-bond donors (Lipinski definition) is 3. The second-order valence-electron chi connectivity index (χ2n) is 8.78. The summed E-state index contributed by atoms with van der Waals surface area (Å²) in [6, 6.07) is 18.9. The number of carbonyl (C=O) groups is 2. The molecule has 2 heterocycles. The summed E-state index contributed by atoms with van der Waals surface area (Å²) in [7, 11) is 0. The molecule has 1 saturated heterocycles. The van der Waals surface area contributed by atoms with Crippen molar-refractivity contribution < 1.29 is 28.2 Å². The number of benzene rings is 3. The standard InChI is InChI=1S/C21H18F2N4O2.C8H10O2.C2H6/c1-12-6-7-14(16(23)8-12)17-10-24-20(26-17)18(27-19(28)11-25-21(27)29)9-13-4-2-3-5-15(13)22;9-6-7-10-8-4-2-1-3-5-8;1-2/h2-8,10,18H,9,11H2,1H3,(H,24,26)(H,25,29);1-5,9H,6-7H2;1-2H3. The molecule has 10 heteroatoms. The molecule has 0 spiro atoms. The van der Waals surface area contributed by atoms with Crippen LogP contribution in [0.1, 0.15) is 36.8 Å². The number of urea groups is 1. The van der Waals surface area contributed by atoms with Crippen molar-refractivity contribution in [3.8, 4) is 17.0 Å². The molecule has 8 nitrogen and oxygen atoms in total. The lowest BCUT2D eigenvalue weighted by Gasteiger charge is -2.23. The van der Waals surface area contributed by atoms with E-state index in [1.54, 1.807) is 37.3 Å². The zero-order valence-corrected chi connectivity index (χ0v) is 23.2. The van der Waals surface area contributed by atoms with Crippen molar-refractivity contribution in [1.29, 1.82) is 0 Å². The first-order valence-corrected chi connectivity index (χ1v) is 13.3. The number of rotatable bonds is 8. The zero-order valence-electron chi connectivity index (χ0n) is 23.2. The van der Waals surface area contributed by atoms with Crippen molar-refractivity contribution in [2.45, 2.75) is 33.2 Å². The van der Waals surface area contributed by atoms with Crippen LogP contribution in [0.4, 0.5) is 13.6 Å². The third kappa shape index (κ3) is 8.21. The first-order chi connectivity index (χ1) is 19.9. The lowest BCUT2D eigenvalue weighted by molar-refractivity contribution is -0.126. The van der Waals surface area contributed by atoms with Gasteiger partial charge in [-0.3, -0.25) is 9.69 Å². The molecule has 3 amide bonds. The van der Waals surface area contributed by atoms with Gasteiger partial charge in [0.05, 0.1) is 25.0 Å². The van der Waals surface area contributed by atoms with Gasteiger partial charge in [0, 0.05) is 12.0 Å². The number of imide groups is 1. The maximum atomic E-state index is 14.3. The molecule has 41 heavy (non-hydrogen) atoms. The number of amides is 3. The molecule has 3 aromatic carbocycles. The Hall–Kier alpha value is -4.57. The fourth-order valence-corrected chi connectivity index (χ4v) is 4.09. The number of aromatic nitrogens is 2. The molecule has 1 unspecified atom stereocenters. The quantitative estimate of drug-likeness (QED) is 0.242. The van der Waals surface area contributed by atoms with E-state index in [1.807, 2.05) is 44.2 Å². The number of nitrogens with zero attached hydrogens (tertiary/aromatic N) is 2. The Morgan fingerprint density at radius 1 is 1.00 bits per heavy atom. The highest BCUT2D eigenvalue weighted by molar-refractivity contribution is 6.02. The van der Waals surface area contributed by atoms with Gasteiger partial charge in [0.15, 0.2) is 0 Å². The molecule has 0 radical (unpaired) electrons. The summed E-state index contributed by atoms with van der Waals surface area (Å²) in [5.74, 6) is -0.220. The number of aliphatic hydroxyl groups is 1. The van der Waals surface area contributed by atoms with Gasteiger partial charge in [-0.05, 0) is 48.4 Å². The van der Waals surface area contributed by atoms with Crippen LogP contribution < -0.4 is 10.1 Å². The minimum atomic E-state index is -0.857. The Labute approximate surface area is 238 Å². The third-order valence-electron chi connectivity index (χ3n) is 5.99. The summed E-state index contributed by atoms with van der Waals surface area (Å²) in [4.78, 5) is 32.8. The predicted octanol–water partition coefficient (Wildman–Crippen LogP) is 5.58. The van der Waals surface area contributed by atoms with E-state index in [0.717, 1.165) is 16.2 Å². The Balaban J connectivity index is 0.000000324. The van der Waals surface area contributed by atoms with E-state index in [4.69, 9.17) is 9.84 Å². The largest absolute Gasteiger partial charge is 0.491 e. The van der Waals surface area contributed by atoms with Gasteiger partial charge in [0.1, 0.15) is 35.9 Å². The summed E-state index contributed by atoms with van der Waals surface area (Å²) in [5, 5.41) is 10.9. The van der Waals surface area contributed by atoms with Crippen LogP contribution in [0.3, 0.4) is 0 Å². The molecule has 216 valence electrons. The average molecular weight is 565 g/mol. The molecule has 4 aromatic rings. The van der Waals surface area contributed by atoms with Crippen molar-refractivity contribution >= 4 is 11.9 Å². The third-order valence-corrected chi connectivity index (χ3v) is 5.99. The average Bonchev–Trinajstić information content (AvgIpc) is 3.60. The van der Waals surface area contributed by atoms with Gasteiger partial charge in [-0.1, -0.05) is 56.3 Å². The highest BCUT2D eigenvalue weighted by Crippen LogP contribution is 2.29. The molecule has 0 aliphatic carbocycles. The molecule has 1 aliphatic heterocycles. The topological polar surface area (TPSA) is 108 Å². The number of H-pyrrole nitrogens is 1. The number of aryl methyl sites for hydroxylation is 1. The van der Waals surface area contributed by atoms with Crippen LogP contribution in [-0.4, -0.2) is 51.7 Å². The monoisotopic (exact) mass is 564 g/mol. The molecule has 5 rings (SSSR count). The molecular formula is C31H34F2N4O4. The summed E-state index contributed by atoms with van der Waals surface area (Å²) in [5.41, 5.74) is 1.84. The van der Waals surface area contributed by atoms with Crippen molar-refractivity contribution in [3.63, 3.8) is 0 Å². The van der Waals surface area contributed by atoms with Gasteiger partial charge < -0.3 is 20.1 Å². The number of halogens is 2. The van der Waals surface area contributed by atoms with Gasteiger partial charge >= 0.3 is 6.03 Å². The highest BCUT2D eigenvalue weighted by atomic mass is 19.1. The fourth-order valence-electron chi connectivity index (χ4n) is 4.09. The van der Waals surface area contributed by atoms with Crippen LogP contribution in [-0.2, 0) is 11.2 Å². The number of imidazole rings is 1. The van der Waals surface area contributed by atoms with Crippen molar-refractivity contribution in [2.24, 2.45) is 0 Å². The number of ether oxygens (including phenoxy) is 1. The summed E-state index contributed by atoms with van der Waals surface area (Å²) in [6.45, 7) is 6.08. The fraction of sp³-hybridized carbons (Fsp3) is 0.258. The summed E-state index contributed by atoms with van der Waals surface area (Å²) in [6.07, 6.45) is 1.48. The van der Waals surface area contributed by atoms with E-state index < -0.39 is 29.6 Å². The van der Waals surface area contributed by atoms with Gasteiger partial charge in [-0.2, -0.15) is 0 Å². The maximum Gasteiger partial charge on any atom is 0.325 e. The molecular weight excluding hydrogens is 530 g/mol. The second kappa shape index (κ2) is 15.3. The summed E-state index contributed by atoms with van der Waals surface area (Å²) < 4.78 is 33.7. The van der Waals surface area contributed by atoms with Crippen molar-refractivity contribution in [3.05, 3.63) is 108 Å². The normalized spacial score (nSPS) is 13.0. The van der Waals surface area contributed by atoms with Crippen molar-refractivity contribution in [2.75, 3.05) is 19.8 Å². The highest BCUT2D eigenvalue weighted by Gasteiger charge is 2.37. The van der Waals surface area contributed by atoms with E-state index in [0.29, 0.717) is 23.4 Å². The molecule has 3 N–H and O–H groups in total. The number of para-hydroxylation sites is 1. The predicted molar refractivity (Wildman–Crippen MR) is 152 cm³/mol. The van der Waals surface area contributed by atoms with E-state index >= 15 is 0 Å². The van der Waals surface area contributed by atoms with Gasteiger partial charge in [-0.15, -0.1) is 0 Å². The molecule has 0 saturated carbocycles. The van der Waals surface area contributed by atoms with Crippen LogP contribution in [0.5, 0.6) is 5.75 Å². The number of nitrogens with one attached hydrogen (secondary N) is 2. The minimum Gasteiger partial charge on any atom is -0.491 e. The number of aliphatic hydroxyl groups excluding tert-OH is 1. The van der Waals surface area contributed by atoms with Crippen LogP contribution in [0, 0.1) is 18.6 Å². The number of carbonyl (C=O) groups excluding carboxylic acids is 2. The molecule has 1 atom stereocenters. The molecule has 1 aliphatic rings. The van der Waals surface area contributed by atoms with Gasteiger partial charge in [0.25, 0.3) is 5.91 Å². The second-order valence-corrected chi connectivity index (χ2v) is 8.78. The first kappa shape index (κ1) is 31.0. The van der Waals surface area contributed by atoms with E-state index in [2.05, 4.69) is 15.3 Å². The van der Waals surface area contributed by atoms with E-state index in [9.17, 15) is 18.4 Å². The Morgan fingerprint density at radius 3 is 2.34 bits per heavy atom. The Kier molecular flexibility index (Phi) is 11.5. The number of hydrogen-bond acceptors (Lipinski definition) is 5. The Morgan fingerprint density at radius 2 is 1.71 bits per heavy atom. The molecule has 1 aromatic heterocycles. The molecule has 0 bridgehead atoms. The molecule has 1 fully saturated rings. The van der Waals surface area contributed by atoms with Crippen LogP contribution >= 0.6 is 0 Å². The maximum absolute atomic E-state index is 14.3. The lowest BCUT2D eigenvalue weighted by Crippen LogP contribution is -2.37. The van der Waals surface area contributed by atoms with Crippen LogP contribution in [0.15, 0.2) is 79.0 Å². The van der Waals surface area contributed by atoms with Crippen LogP contribution in [0.2, 0.25) is 0 Å². The Bertz CT molecular complexity index is 1410. The smallest absolute Gasteiger partial charge is 0.325 e. The zero-order chi connectivity index (χ0) is 29.8. The van der Waals surface area contributed by atoms with Gasteiger partial charge in [-0.25, -0.2) is 18.6 Å². The summed E-state index contributed by atoms with van der Waals surface area (Å²) >= 11 is 0. The first-order valence-electron chi connectivity index (χ1n) is 13.3. The van der Waals surface area contributed by atoms with Crippen LogP contribution in [0.25, 0.3) is 11.3 Å².